The van der Waals surface area contributed by atoms with Gasteiger partial charge in [0.15, 0.2) is 0 Å². The lowest BCUT2D eigenvalue weighted by Gasteiger charge is -2.06. The first-order valence-electron chi connectivity index (χ1n) is 6.03. The van der Waals surface area contributed by atoms with Gasteiger partial charge in [0.2, 0.25) is 0 Å². The largest absolute Gasteiger partial charge is 0.206 e. The van der Waals surface area contributed by atoms with Crippen molar-refractivity contribution in [1.82, 2.24) is 15.0 Å². The summed E-state index contributed by atoms with van der Waals surface area (Å²) >= 11 is 6.56. The lowest BCUT2D eigenvalue weighted by Crippen LogP contribution is -2.10. The van der Waals surface area contributed by atoms with Crippen molar-refractivity contribution in [2.75, 3.05) is 0 Å². The summed E-state index contributed by atoms with van der Waals surface area (Å²) in [6.45, 7) is 0.829. The summed E-state index contributed by atoms with van der Waals surface area (Å²) < 4.78 is 14.6. The monoisotopic (exact) mass is 375 g/mol. The summed E-state index contributed by atoms with van der Waals surface area (Å²) in [4.78, 5) is 1.70. The van der Waals surface area contributed by atoms with Crippen molar-refractivity contribution in [3.8, 4) is 0 Å². The Bertz CT molecular complexity index is 591. The van der Waals surface area contributed by atoms with Gasteiger partial charge in [-0.15, -0.1) is 0 Å². The minimum atomic E-state index is -0.317. The maximum absolute atomic E-state index is 13.6. The molecule has 18 heavy (non-hydrogen) atoms. The smallest absolute Gasteiger partial charge is 0.140 e. The Morgan fingerprint density at radius 2 is 1.89 bits per heavy atom. The zero-order valence-electron chi connectivity index (χ0n) is 9.67. The topological polar surface area (TPSA) is 30.7 Å². The van der Waals surface area contributed by atoms with Crippen LogP contribution in [0.5, 0.6) is 0 Å². The number of aromatic nitrogens is 3. The Morgan fingerprint density at radius 1 is 1.22 bits per heavy atom. The lowest BCUT2D eigenvalue weighted by atomic mass is 10.1. The number of nitrogens with zero attached hydrogens (tertiary/aromatic N) is 3. The van der Waals surface area contributed by atoms with Crippen LogP contribution in [-0.2, 0) is 6.54 Å². The number of benzene rings is 1. The van der Waals surface area contributed by atoms with Crippen molar-refractivity contribution < 1.29 is 4.39 Å². The van der Waals surface area contributed by atoms with Crippen molar-refractivity contribution in [1.29, 1.82) is 0 Å². The average molecular weight is 377 g/mol. The molecule has 96 valence electrons. The van der Waals surface area contributed by atoms with E-state index in [1.807, 2.05) is 0 Å². The summed E-state index contributed by atoms with van der Waals surface area (Å²) in [5, 5.41) is 8.83. The average Bonchev–Trinajstić information content (AvgIpc) is 2.96. The second-order valence-corrected chi connectivity index (χ2v) is 6.40. The standard InChI is InChI=1S/C12H12Br2FN3/c13-8-5-9(15)10(14)12-11(8)16-18(17-12)6-7-3-1-2-4-7/h5,7H,1-4,6H2. The van der Waals surface area contributed by atoms with Gasteiger partial charge in [-0.25, -0.2) is 4.39 Å². The van der Waals surface area contributed by atoms with Gasteiger partial charge in [0.1, 0.15) is 16.9 Å². The van der Waals surface area contributed by atoms with E-state index in [4.69, 9.17) is 0 Å². The molecule has 0 radical (unpaired) electrons. The summed E-state index contributed by atoms with van der Waals surface area (Å²) in [5.74, 6) is 0.344. The second-order valence-electron chi connectivity index (χ2n) is 4.76. The van der Waals surface area contributed by atoms with Crippen LogP contribution in [0, 0.1) is 11.7 Å². The highest BCUT2D eigenvalue weighted by molar-refractivity contribution is 9.11. The molecule has 1 heterocycles. The van der Waals surface area contributed by atoms with E-state index in [-0.39, 0.29) is 5.82 Å². The molecule has 0 aliphatic heterocycles. The van der Waals surface area contributed by atoms with Crippen LogP contribution < -0.4 is 0 Å². The van der Waals surface area contributed by atoms with Crippen LogP contribution >= 0.6 is 31.9 Å². The maximum atomic E-state index is 13.6. The number of rotatable bonds is 2. The molecule has 1 aliphatic rings. The summed E-state index contributed by atoms with van der Waals surface area (Å²) in [7, 11) is 0. The van der Waals surface area contributed by atoms with Gasteiger partial charge in [-0.05, 0) is 56.7 Å². The SMILES string of the molecule is Fc1cc(Br)c2nn(CC3CCCC3)nc2c1Br. The van der Waals surface area contributed by atoms with E-state index in [0.29, 0.717) is 25.9 Å². The Labute approximate surface area is 121 Å². The molecule has 0 unspecified atom stereocenters. The van der Waals surface area contributed by atoms with E-state index in [1.54, 1.807) is 4.80 Å². The molecule has 0 atom stereocenters. The molecule has 1 aliphatic carbocycles. The number of halogens is 3. The van der Waals surface area contributed by atoms with Crippen LogP contribution in [0.15, 0.2) is 15.0 Å². The normalized spacial score (nSPS) is 16.8. The van der Waals surface area contributed by atoms with E-state index in [2.05, 4.69) is 42.1 Å². The minimum Gasteiger partial charge on any atom is -0.206 e. The van der Waals surface area contributed by atoms with Gasteiger partial charge in [0.25, 0.3) is 0 Å². The fourth-order valence-electron chi connectivity index (χ4n) is 2.52. The third-order valence-corrected chi connectivity index (χ3v) is 4.81. The van der Waals surface area contributed by atoms with Crippen LogP contribution in [0.4, 0.5) is 4.39 Å². The number of hydrogen-bond acceptors (Lipinski definition) is 2. The van der Waals surface area contributed by atoms with Gasteiger partial charge in [0.05, 0.1) is 15.5 Å². The van der Waals surface area contributed by atoms with Crippen molar-refractivity contribution in [3.05, 3.63) is 20.8 Å². The van der Waals surface area contributed by atoms with Crippen molar-refractivity contribution in [2.45, 2.75) is 32.2 Å². The van der Waals surface area contributed by atoms with Crippen LogP contribution in [0.1, 0.15) is 25.7 Å². The lowest BCUT2D eigenvalue weighted by molar-refractivity contribution is 0.398. The molecule has 0 amide bonds. The molecule has 1 saturated carbocycles. The molecule has 1 aromatic carbocycles. The highest BCUT2D eigenvalue weighted by atomic mass is 79.9. The van der Waals surface area contributed by atoms with E-state index in [9.17, 15) is 4.39 Å². The molecule has 1 fully saturated rings. The van der Waals surface area contributed by atoms with Crippen LogP contribution in [0.3, 0.4) is 0 Å². The first kappa shape index (κ1) is 12.5. The van der Waals surface area contributed by atoms with E-state index in [1.165, 1.54) is 31.7 Å². The molecule has 0 saturated heterocycles. The highest BCUT2D eigenvalue weighted by Gasteiger charge is 2.19. The molecule has 0 bridgehead atoms. The maximum Gasteiger partial charge on any atom is 0.140 e. The molecular weight excluding hydrogens is 365 g/mol. The zero-order chi connectivity index (χ0) is 12.7. The van der Waals surface area contributed by atoms with E-state index >= 15 is 0 Å². The quantitative estimate of drug-likeness (QED) is 0.732. The zero-order valence-corrected chi connectivity index (χ0v) is 12.8. The number of fused-ring (bicyclic) bond motifs is 1. The van der Waals surface area contributed by atoms with Gasteiger partial charge in [-0.1, -0.05) is 12.8 Å². The highest BCUT2D eigenvalue weighted by Crippen LogP contribution is 2.31. The van der Waals surface area contributed by atoms with Gasteiger partial charge in [-0.2, -0.15) is 15.0 Å². The van der Waals surface area contributed by atoms with Gasteiger partial charge in [0, 0.05) is 0 Å². The van der Waals surface area contributed by atoms with Gasteiger partial charge < -0.3 is 0 Å². The molecular formula is C12H12Br2FN3. The third kappa shape index (κ3) is 2.20. The van der Waals surface area contributed by atoms with Crippen molar-refractivity contribution in [2.24, 2.45) is 5.92 Å². The van der Waals surface area contributed by atoms with Gasteiger partial charge >= 0.3 is 0 Å². The predicted octanol–water partition coefficient (Wildman–Crippen LogP) is 4.29. The predicted molar refractivity (Wildman–Crippen MR) is 74.8 cm³/mol. The Morgan fingerprint density at radius 3 is 2.61 bits per heavy atom. The van der Waals surface area contributed by atoms with Crippen LogP contribution in [-0.4, -0.2) is 15.0 Å². The Hall–Kier alpha value is -0.490. The molecule has 1 aromatic heterocycles. The molecule has 0 spiro atoms. The second kappa shape index (κ2) is 4.89. The van der Waals surface area contributed by atoms with Crippen molar-refractivity contribution >= 4 is 42.9 Å². The molecule has 0 N–H and O–H groups in total. The fraction of sp³-hybridized carbons (Fsp3) is 0.500. The fourth-order valence-corrected chi connectivity index (χ4v) is 3.37. The van der Waals surface area contributed by atoms with Crippen molar-refractivity contribution in [3.63, 3.8) is 0 Å². The molecule has 2 aromatic rings. The summed E-state index contributed by atoms with van der Waals surface area (Å²) in [6.07, 6.45) is 5.09. The van der Waals surface area contributed by atoms with E-state index < -0.39 is 0 Å². The Balaban J connectivity index is 1.99. The summed E-state index contributed by atoms with van der Waals surface area (Å²) in [5.41, 5.74) is 1.29. The third-order valence-electron chi connectivity index (χ3n) is 3.45. The first-order valence-corrected chi connectivity index (χ1v) is 7.62. The van der Waals surface area contributed by atoms with Crippen LogP contribution in [0.25, 0.3) is 11.0 Å². The summed E-state index contributed by atoms with van der Waals surface area (Å²) in [6, 6.07) is 1.42. The first-order chi connectivity index (χ1) is 8.65. The van der Waals surface area contributed by atoms with Crippen LogP contribution in [0.2, 0.25) is 0 Å². The number of hydrogen-bond donors (Lipinski definition) is 0. The molecule has 3 nitrogen and oxygen atoms in total. The molecule has 3 rings (SSSR count). The molecule has 6 heteroatoms. The Kier molecular flexibility index (Phi) is 3.40. The van der Waals surface area contributed by atoms with Gasteiger partial charge in [-0.3, -0.25) is 0 Å². The minimum absolute atomic E-state index is 0.317. The van der Waals surface area contributed by atoms with E-state index in [0.717, 1.165) is 6.54 Å².